The maximum Gasteiger partial charge on any atom is 0.224 e. The topological polar surface area (TPSA) is 49.4 Å². The molecule has 0 spiro atoms. The molecule has 0 saturated carbocycles. The quantitative estimate of drug-likeness (QED) is 0.835. The van der Waals surface area contributed by atoms with Crippen molar-refractivity contribution < 1.29 is 9.59 Å². The lowest BCUT2D eigenvalue weighted by atomic mass is 10.1. The Kier molecular flexibility index (Phi) is 7.04. The Bertz CT molecular complexity index is 566. The molecule has 1 heterocycles. The average molecular weight is 328 g/mol. The molecule has 1 atom stereocenters. The Balaban J connectivity index is 1.80. The van der Waals surface area contributed by atoms with Crippen LogP contribution >= 0.6 is 0 Å². The minimum atomic E-state index is 0.0275. The summed E-state index contributed by atoms with van der Waals surface area (Å²) < 4.78 is 0. The van der Waals surface area contributed by atoms with Crippen molar-refractivity contribution in [3.63, 3.8) is 0 Å². The zero-order valence-corrected chi connectivity index (χ0v) is 14.7. The van der Waals surface area contributed by atoms with Crippen molar-refractivity contribution in [1.29, 1.82) is 0 Å². The number of hydrogen-bond acceptors (Lipinski definition) is 2. The van der Waals surface area contributed by atoms with Crippen molar-refractivity contribution in [1.82, 2.24) is 10.2 Å². The third-order valence-electron chi connectivity index (χ3n) is 4.18. The Labute approximate surface area is 144 Å². The minimum absolute atomic E-state index is 0.0275. The highest BCUT2D eigenvalue weighted by Crippen LogP contribution is 2.20. The first kappa shape index (κ1) is 18.2. The van der Waals surface area contributed by atoms with Crippen LogP contribution in [0.3, 0.4) is 0 Å². The van der Waals surface area contributed by atoms with E-state index in [1.165, 1.54) is 0 Å². The lowest BCUT2D eigenvalue weighted by Gasteiger charge is -2.22. The summed E-state index contributed by atoms with van der Waals surface area (Å²) in [6, 6.07) is 10.3. The predicted molar refractivity (Wildman–Crippen MR) is 97.3 cm³/mol. The number of carbonyl (C=O) groups excluding carboxylic acids is 2. The first-order valence-electron chi connectivity index (χ1n) is 8.85. The molecule has 0 aliphatic carbocycles. The Morgan fingerprint density at radius 2 is 2.04 bits per heavy atom. The van der Waals surface area contributed by atoms with Crippen LogP contribution in [-0.4, -0.2) is 35.8 Å². The van der Waals surface area contributed by atoms with Gasteiger partial charge in [-0.25, -0.2) is 0 Å². The number of nitrogens with zero attached hydrogens (tertiary/aromatic N) is 1. The fourth-order valence-corrected chi connectivity index (χ4v) is 2.98. The molecule has 0 radical (unpaired) electrons. The van der Waals surface area contributed by atoms with Gasteiger partial charge in [-0.2, -0.15) is 0 Å². The van der Waals surface area contributed by atoms with Crippen LogP contribution in [0.5, 0.6) is 0 Å². The van der Waals surface area contributed by atoms with Crippen molar-refractivity contribution in [3.8, 4) is 0 Å². The van der Waals surface area contributed by atoms with E-state index in [1.54, 1.807) is 0 Å². The molecule has 4 nitrogen and oxygen atoms in total. The lowest BCUT2D eigenvalue weighted by molar-refractivity contribution is -0.131. The van der Waals surface area contributed by atoms with Crippen LogP contribution in [0.15, 0.2) is 36.4 Å². The number of amides is 2. The highest BCUT2D eigenvalue weighted by Gasteiger charge is 2.26. The van der Waals surface area contributed by atoms with Gasteiger partial charge in [0.1, 0.15) is 0 Å². The molecule has 0 aromatic heterocycles. The van der Waals surface area contributed by atoms with E-state index in [1.807, 2.05) is 36.9 Å². The molecule has 1 aromatic carbocycles. The van der Waals surface area contributed by atoms with Crippen LogP contribution in [0.4, 0.5) is 0 Å². The van der Waals surface area contributed by atoms with Crippen LogP contribution in [-0.2, 0) is 9.59 Å². The molecule has 2 rings (SSSR count). The smallest absolute Gasteiger partial charge is 0.224 e. The number of hydrogen-bond donors (Lipinski definition) is 1. The molecule has 1 aromatic rings. The molecule has 1 saturated heterocycles. The minimum Gasteiger partial charge on any atom is -0.356 e. The average Bonchev–Trinajstić information content (AvgIpc) is 3.01. The van der Waals surface area contributed by atoms with E-state index in [2.05, 4.69) is 29.6 Å². The fraction of sp³-hybridized carbons (Fsp3) is 0.500. The molecule has 1 N–H and O–H groups in total. The Morgan fingerprint density at radius 1 is 1.29 bits per heavy atom. The molecule has 1 unspecified atom stereocenters. The van der Waals surface area contributed by atoms with Gasteiger partial charge in [-0.05, 0) is 24.3 Å². The van der Waals surface area contributed by atoms with Crippen molar-refractivity contribution in [2.75, 3.05) is 13.1 Å². The van der Waals surface area contributed by atoms with Gasteiger partial charge >= 0.3 is 0 Å². The van der Waals surface area contributed by atoms with E-state index in [-0.39, 0.29) is 17.9 Å². The van der Waals surface area contributed by atoms with Crippen LogP contribution in [0.1, 0.15) is 45.1 Å². The third kappa shape index (κ3) is 5.84. The molecule has 1 aliphatic heterocycles. The second-order valence-corrected chi connectivity index (χ2v) is 6.76. The van der Waals surface area contributed by atoms with E-state index in [0.29, 0.717) is 25.3 Å². The van der Waals surface area contributed by atoms with E-state index in [4.69, 9.17) is 0 Å². The number of likely N-dealkylation sites (tertiary alicyclic amines) is 1. The molecule has 130 valence electrons. The maximum atomic E-state index is 12.4. The molecule has 4 heteroatoms. The van der Waals surface area contributed by atoms with Gasteiger partial charge in [0.2, 0.25) is 11.8 Å². The van der Waals surface area contributed by atoms with Crippen LogP contribution in [0.25, 0.3) is 6.08 Å². The highest BCUT2D eigenvalue weighted by atomic mass is 16.2. The van der Waals surface area contributed by atoms with Crippen LogP contribution in [0, 0.1) is 5.92 Å². The van der Waals surface area contributed by atoms with Gasteiger partial charge in [-0.1, -0.05) is 56.3 Å². The number of rotatable bonds is 7. The van der Waals surface area contributed by atoms with Gasteiger partial charge < -0.3 is 10.2 Å². The second kappa shape index (κ2) is 9.26. The third-order valence-corrected chi connectivity index (χ3v) is 4.18. The van der Waals surface area contributed by atoms with Crippen LogP contribution in [0.2, 0.25) is 0 Å². The molecule has 1 fully saturated rings. The SMILES string of the molecule is CC(C)CC(=O)NCCC(=O)N1CCCC1/C=C/c1ccccc1. The van der Waals surface area contributed by atoms with Gasteiger partial charge in [0.05, 0.1) is 6.04 Å². The van der Waals surface area contributed by atoms with Crippen LogP contribution < -0.4 is 5.32 Å². The molecular weight excluding hydrogens is 300 g/mol. The van der Waals surface area contributed by atoms with E-state index in [9.17, 15) is 9.59 Å². The lowest BCUT2D eigenvalue weighted by Crippen LogP contribution is -2.37. The largest absolute Gasteiger partial charge is 0.356 e. The van der Waals surface area contributed by atoms with E-state index < -0.39 is 0 Å². The normalized spacial score (nSPS) is 17.6. The molecular formula is C20H28N2O2. The monoisotopic (exact) mass is 328 g/mol. The molecule has 0 bridgehead atoms. The highest BCUT2D eigenvalue weighted by molar-refractivity contribution is 5.79. The zero-order chi connectivity index (χ0) is 17.4. The number of carbonyl (C=O) groups is 2. The second-order valence-electron chi connectivity index (χ2n) is 6.76. The van der Waals surface area contributed by atoms with Crippen molar-refractivity contribution >= 4 is 17.9 Å². The summed E-state index contributed by atoms with van der Waals surface area (Å²) >= 11 is 0. The summed E-state index contributed by atoms with van der Waals surface area (Å²) in [5.41, 5.74) is 1.15. The maximum absolute atomic E-state index is 12.4. The Morgan fingerprint density at radius 3 is 2.75 bits per heavy atom. The van der Waals surface area contributed by atoms with Gasteiger partial charge in [0.25, 0.3) is 0 Å². The first-order chi connectivity index (χ1) is 11.6. The number of benzene rings is 1. The van der Waals surface area contributed by atoms with Gasteiger partial charge in [0.15, 0.2) is 0 Å². The first-order valence-corrected chi connectivity index (χ1v) is 8.85. The Hall–Kier alpha value is -2.10. The molecule has 1 aliphatic rings. The van der Waals surface area contributed by atoms with Gasteiger partial charge in [-0.3, -0.25) is 9.59 Å². The predicted octanol–water partition coefficient (Wildman–Crippen LogP) is 3.24. The summed E-state index contributed by atoms with van der Waals surface area (Å²) in [6.07, 6.45) is 7.14. The van der Waals surface area contributed by atoms with E-state index >= 15 is 0 Å². The summed E-state index contributed by atoms with van der Waals surface area (Å²) in [5, 5.41) is 2.84. The molecule has 2 amide bonds. The van der Waals surface area contributed by atoms with Crippen molar-refractivity contribution in [2.45, 2.75) is 45.6 Å². The van der Waals surface area contributed by atoms with Gasteiger partial charge in [0, 0.05) is 25.9 Å². The standard InChI is InChI=1S/C20H28N2O2/c1-16(2)15-19(23)21-13-12-20(24)22-14-6-9-18(22)11-10-17-7-4-3-5-8-17/h3-5,7-8,10-11,16,18H,6,9,12-15H2,1-2H3,(H,21,23)/b11-10+. The van der Waals surface area contributed by atoms with Gasteiger partial charge in [-0.15, -0.1) is 0 Å². The summed E-state index contributed by atoms with van der Waals surface area (Å²) in [4.78, 5) is 26.0. The molecule has 24 heavy (non-hydrogen) atoms. The fourth-order valence-electron chi connectivity index (χ4n) is 2.98. The summed E-state index contributed by atoms with van der Waals surface area (Å²) in [5.74, 6) is 0.492. The summed E-state index contributed by atoms with van der Waals surface area (Å²) in [6.45, 7) is 5.26. The van der Waals surface area contributed by atoms with Crippen molar-refractivity contribution in [2.24, 2.45) is 5.92 Å². The zero-order valence-electron chi connectivity index (χ0n) is 14.7. The summed E-state index contributed by atoms with van der Waals surface area (Å²) in [7, 11) is 0. The van der Waals surface area contributed by atoms with E-state index in [0.717, 1.165) is 24.9 Å². The van der Waals surface area contributed by atoms with Crippen molar-refractivity contribution in [3.05, 3.63) is 42.0 Å². The number of nitrogens with one attached hydrogen (secondary N) is 1.